The fourth-order valence-corrected chi connectivity index (χ4v) is 2.08. The third-order valence-electron chi connectivity index (χ3n) is 3.35. The van der Waals surface area contributed by atoms with E-state index in [1.54, 1.807) is 7.05 Å². The summed E-state index contributed by atoms with van der Waals surface area (Å²) in [5, 5.41) is 2.71. The number of nitrogens with one attached hydrogen (secondary N) is 1. The summed E-state index contributed by atoms with van der Waals surface area (Å²) in [5.41, 5.74) is 3.91. The van der Waals surface area contributed by atoms with Crippen LogP contribution in [-0.2, 0) is 4.79 Å². The van der Waals surface area contributed by atoms with Crippen molar-refractivity contribution in [1.29, 1.82) is 0 Å². The van der Waals surface area contributed by atoms with Gasteiger partial charge in [0, 0.05) is 13.5 Å². The van der Waals surface area contributed by atoms with Crippen molar-refractivity contribution in [3.8, 4) is 0 Å². The van der Waals surface area contributed by atoms with E-state index in [2.05, 4.69) is 44.3 Å². The second-order valence-electron chi connectivity index (χ2n) is 4.71. The van der Waals surface area contributed by atoms with Crippen molar-refractivity contribution in [2.75, 3.05) is 7.05 Å². The second-order valence-corrected chi connectivity index (χ2v) is 4.71. The van der Waals surface area contributed by atoms with Gasteiger partial charge < -0.3 is 5.32 Å². The third-order valence-corrected chi connectivity index (χ3v) is 3.35. The molecule has 94 valence electrons. The molecule has 0 saturated carbocycles. The number of hydrogen-bond acceptors (Lipinski definition) is 1. The van der Waals surface area contributed by atoms with Crippen LogP contribution in [-0.4, -0.2) is 13.0 Å². The maximum atomic E-state index is 11.5. The summed E-state index contributed by atoms with van der Waals surface area (Å²) in [6.07, 6.45) is 2.76. The first-order chi connectivity index (χ1) is 8.08. The van der Waals surface area contributed by atoms with Crippen LogP contribution in [0, 0.1) is 13.8 Å². The summed E-state index contributed by atoms with van der Waals surface area (Å²) in [6, 6.07) is 6.53. The van der Waals surface area contributed by atoms with E-state index in [1.165, 1.54) is 16.7 Å². The number of rotatable bonds is 5. The highest BCUT2D eigenvalue weighted by Gasteiger charge is 2.14. The zero-order valence-electron chi connectivity index (χ0n) is 11.3. The van der Waals surface area contributed by atoms with Crippen LogP contribution >= 0.6 is 0 Å². The van der Waals surface area contributed by atoms with Gasteiger partial charge in [0.2, 0.25) is 5.91 Å². The van der Waals surface area contributed by atoms with E-state index in [9.17, 15) is 4.79 Å². The molecule has 0 aromatic heterocycles. The van der Waals surface area contributed by atoms with Crippen molar-refractivity contribution < 1.29 is 4.79 Å². The lowest BCUT2D eigenvalue weighted by Gasteiger charge is -2.17. The molecule has 0 heterocycles. The van der Waals surface area contributed by atoms with Gasteiger partial charge in [-0.15, -0.1) is 0 Å². The Kier molecular flexibility index (Phi) is 5.20. The van der Waals surface area contributed by atoms with E-state index in [0.29, 0.717) is 12.3 Å². The standard InChI is InChI=1S/C15H23NO/c1-5-6-13(10-15(17)16-4)14-8-7-11(2)12(3)9-14/h7-9,13H,5-6,10H2,1-4H3,(H,16,17). The minimum atomic E-state index is 0.127. The van der Waals surface area contributed by atoms with Gasteiger partial charge in [-0.25, -0.2) is 0 Å². The minimum absolute atomic E-state index is 0.127. The molecule has 2 heteroatoms. The highest BCUT2D eigenvalue weighted by atomic mass is 16.1. The molecule has 1 atom stereocenters. The SMILES string of the molecule is CCCC(CC(=O)NC)c1ccc(C)c(C)c1. The van der Waals surface area contributed by atoms with Crippen LogP contribution in [0.2, 0.25) is 0 Å². The molecular weight excluding hydrogens is 210 g/mol. The number of amides is 1. The molecular formula is C15H23NO. The van der Waals surface area contributed by atoms with Crippen molar-refractivity contribution in [2.45, 2.75) is 46.0 Å². The number of benzene rings is 1. The Labute approximate surface area is 104 Å². The normalized spacial score (nSPS) is 12.2. The minimum Gasteiger partial charge on any atom is -0.359 e. The molecule has 0 saturated heterocycles. The molecule has 0 bridgehead atoms. The number of carbonyl (C=O) groups excluding carboxylic acids is 1. The van der Waals surface area contributed by atoms with Gasteiger partial charge in [-0.1, -0.05) is 31.5 Å². The number of carbonyl (C=O) groups is 1. The van der Waals surface area contributed by atoms with E-state index >= 15 is 0 Å². The Morgan fingerprint density at radius 1 is 1.29 bits per heavy atom. The largest absolute Gasteiger partial charge is 0.359 e. The van der Waals surface area contributed by atoms with E-state index < -0.39 is 0 Å². The lowest BCUT2D eigenvalue weighted by molar-refractivity contribution is -0.121. The van der Waals surface area contributed by atoms with Gasteiger partial charge >= 0.3 is 0 Å². The molecule has 0 spiro atoms. The van der Waals surface area contributed by atoms with Crippen molar-refractivity contribution >= 4 is 5.91 Å². The average Bonchev–Trinajstić information content (AvgIpc) is 2.32. The molecule has 1 amide bonds. The molecule has 2 nitrogen and oxygen atoms in total. The van der Waals surface area contributed by atoms with Gasteiger partial charge in [0.15, 0.2) is 0 Å². The van der Waals surface area contributed by atoms with Crippen molar-refractivity contribution in [2.24, 2.45) is 0 Å². The predicted octanol–water partition coefficient (Wildman–Crippen LogP) is 3.32. The summed E-state index contributed by atoms with van der Waals surface area (Å²) in [4.78, 5) is 11.5. The fourth-order valence-electron chi connectivity index (χ4n) is 2.08. The van der Waals surface area contributed by atoms with Crippen LogP contribution in [0.4, 0.5) is 0 Å². The highest BCUT2D eigenvalue weighted by Crippen LogP contribution is 2.26. The zero-order chi connectivity index (χ0) is 12.8. The van der Waals surface area contributed by atoms with Gasteiger partial charge in [-0.2, -0.15) is 0 Å². The Morgan fingerprint density at radius 3 is 2.53 bits per heavy atom. The highest BCUT2D eigenvalue weighted by molar-refractivity contribution is 5.76. The molecule has 0 aliphatic rings. The first kappa shape index (κ1) is 13.8. The van der Waals surface area contributed by atoms with Crippen molar-refractivity contribution in [3.63, 3.8) is 0 Å². The van der Waals surface area contributed by atoms with Gasteiger partial charge in [0.25, 0.3) is 0 Å². The van der Waals surface area contributed by atoms with Crippen LogP contribution in [0.15, 0.2) is 18.2 Å². The maximum Gasteiger partial charge on any atom is 0.220 e. The van der Waals surface area contributed by atoms with Crippen molar-refractivity contribution in [1.82, 2.24) is 5.32 Å². The molecule has 0 radical (unpaired) electrons. The van der Waals surface area contributed by atoms with Crippen LogP contribution in [0.5, 0.6) is 0 Å². The molecule has 0 aliphatic heterocycles. The van der Waals surface area contributed by atoms with Crippen LogP contribution in [0.25, 0.3) is 0 Å². The third kappa shape index (κ3) is 3.88. The lowest BCUT2D eigenvalue weighted by atomic mass is 9.89. The van der Waals surface area contributed by atoms with E-state index in [4.69, 9.17) is 0 Å². The summed E-state index contributed by atoms with van der Waals surface area (Å²) in [6.45, 7) is 6.41. The van der Waals surface area contributed by atoms with E-state index in [1.807, 2.05) is 0 Å². The number of aryl methyl sites for hydroxylation is 2. The Balaban J connectivity index is 2.88. The van der Waals surface area contributed by atoms with Gasteiger partial charge in [0.1, 0.15) is 0 Å². The monoisotopic (exact) mass is 233 g/mol. The Bertz CT molecular complexity index is 385. The average molecular weight is 233 g/mol. The quantitative estimate of drug-likeness (QED) is 0.830. The maximum absolute atomic E-state index is 11.5. The first-order valence-corrected chi connectivity index (χ1v) is 6.36. The number of hydrogen-bond donors (Lipinski definition) is 1. The van der Waals surface area contributed by atoms with Crippen LogP contribution in [0.3, 0.4) is 0 Å². The topological polar surface area (TPSA) is 29.1 Å². The second kappa shape index (κ2) is 6.43. The van der Waals surface area contributed by atoms with E-state index in [0.717, 1.165) is 12.8 Å². The summed E-state index contributed by atoms with van der Waals surface area (Å²) in [5.74, 6) is 0.473. The van der Waals surface area contributed by atoms with Crippen LogP contribution < -0.4 is 5.32 Å². The summed E-state index contributed by atoms with van der Waals surface area (Å²) in [7, 11) is 1.70. The van der Waals surface area contributed by atoms with E-state index in [-0.39, 0.29) is 5.91 Å². The molecule has 1 aromatic rings. The predicted molar refractivity (Wildman–Crippen MR) is 72.2 cm³/mol. The molecule has 1 aromatic carbocycles. The molecule has 0 aliphatic carbocycles. The summed E-state index contributed by atoms with van der Waals surface area (Å²) >= 11 is 0. The smallest absolute Gasteiger partial charge is 0.220 e. The molecule has 1 rings (SSSR count). The van der Waals surface area contributed by atoms with Crippen LogP contribution in [0.1, 0.15) is 48.8 Å². The Morgan fingerprint density at radius 2 is 2.00 bits per heavy atom. The lowest BCUT2D eigenvalue weighted by Crippen LogP contribution is -2.20. The molecule has 0 fully saturated rings. The molecule has 1 unspecified atom stereocenters. The van der Waals surface area contributed by atoms with Gasteiger partial charge in [-0.3, -0.25) is 4.79 Å². The fraction of sp³-hybridized carbons (Fsp3) is 0.533. The molecule has 17 heavy (non-hydrogen) atoms. The first-order valence-electron chi connectivity index (χ1n) is 6.36. The Hall–Kier alpha value is -1.31. The molecule has 1 N–H and O–H groups in total. The van der Waals surface area contributed by atoms with Gasteiger partial charge in [-0.05, 0) is 42.9 Å². The van der Waals surface area contributed by atoms with Gasteiger partial charge in [0.05, 0.1) is 0 Å². The zero-order valence-corrected chi connectivity index (χ0v) is 11.3. The van der Waals surface area contributed by atoms with Crippen molar-refractivity contribution in [3.05, 3.63) is 34.9 Å². The summed E-state index contributed by atoms with van der Waals surface area (Å²) < 4.78 is 0.